The molecule has 1 aliphatic carbocycles. The van der Waals surface area contributed by atoms with Crippen LogP contribution in [0.1, 0.15) is 29.6 Å². The van der Waals surface area contributed by atoms with Crippen molar-refractivity contribution in [3.8, 4) is 0 Å². The second-order valence-electron chi connectivity index (χ2n) is 5.27. The summed E-state index contributed by atoms with van der Waals surface area (Å²) in [5, 5.41) is 0. The number of epoxide rings is 1. The molecule has 1 aliphatic heterocycles. The minimum atomic E-state index is -3.70. The molecular weight excluding hydrogens is 282 g/mol. The summed E-state index contributed by atoms with van der Waals surface area (Å²) in [5.74, 6) is -5.77. The highest BCUT2D eigenvalue weighted by Crippen LogP contribution is 2.41. The summed E-state index contributed by atoms with van der Waals surface area (Å²) in [7, 11) is 0. The normalized spacial score (nSPS) is 30.8. The molecule has 0 N–H and O–H groups in total. The van der Waals surface area contributed by atoms with Crippen molar-refractivity contribution in [1.29, 1.82) is 0 Å². The summed E-state index contributed by atoms with van der Waals surface area (Å²) in [6, 6.07) is 7.85. The van der Waals surface area contributed by atoms with Gasteiger partial charge in [-0.3, -0.25) is 4.79 Å². The number of hydrogen-bond donors (Lipinski definition) is 0. The molecule has 0 radical (unpaired) electrons. The maximum absolute atomic E-state index is 14.1. The molecule has 1 saturated heterocycles. The van der Waals surface area contributed by atoms with Gasteiger partial charge in [-0.25, -0.2) is 4.79 Å². The van der Waals surface area contributed by atoms with Crippen molar-refractivity contribution in [1.82, 2.24) is 0 Å². The Hall–Kier alpha value is -1.82. The van der Waals surface area contributed by atoms with Crippen LogP contribution in [0, 0.1) is 0 Å². The predicted octanol–water partition coefficient (Wildman–Crippen LogP) is 2.37. The van der Waals surface area contributed by atoms with Crippen LogP contribution < -0.4 is 0 Å². The van der Waals surface area contributed by atoms with Crippen LogP contribution >= 0.6 is 0 Å². The molecule has 0 bridgehead atoms. The fourth-order valence-electron chi connectivity index (χ4n) is 2.55. The largest absolute Gasteiger partial charge is 0.449 e. The molecule has 21 heavy (non-hydrogen) atoms. The van der Waals surface area contributed by atoms with E-state index in [2.05, 4.69) is 0 Å². The fourth-order valence-corrected chi connectivity index (χ4v) is 2.55. The zero-order chi connectivity index (χ0) is 15.0. The van der Waals surface area contributed by atoms with Crippen molar-refractivity contribution in [3.05, 3.63) is 35.9 Å². The van der Waals surface area contributed by atoms with Crippen LogP contribution in [0.2, 0.25) is 0 Å². The van der Waals surface area contributed by atoms with Gasteiger partial charge in [0.05, 0.1) is 11.7 Å². The van der Waals surface area contributed by atoms with Gasteiger partial charge in [0.2, 0.25) is 11.9 Å². The van der Waals surface area contributed by atoms with Gasteiger partial charge in [-0.1, -0.05) is 18.2 Å². The Morgan fingerprint density at radius 3 is 2.71 bits per heavy atom. The second kappa shape index (κ2) is 5.18. The van der Waals surface area contributed by atoms with E-state index in [1.54, 1.807) is 18.2 Å². The Labute approximate surface area is 120 Å². The summed E-state index contributed by atoms with van der Waals surface area (Å²) in [6.07, 6.45) is -2.41. The van der Waals surface area contributed by atoms with Crippen LogP contribution in [0.3, 0.4) is 0 Å². The van der Waals surface area contributed by atoms with Crippen LogP contribution in [0.4, 0.5) is 8.78 Å². The van der Waals surface area contributed by atoms with Crippen molar-refractivity contribution >= 4 is 11.8 Å². The average Bonchev–Trinajstić information content (AvgIpc) is 3.23. The number of halogens is 2. The number of Topliss-reactive ketones (excluding diaryl/α,β-unsaturated/α-hetero) is 1. The zero-order valence-electron chi connectivity index (χ0n) is 11.1. The van der Waals surface area contributed by atoms with Crippen LogP contribution in [0.25, 0.3) is 0 Å². The smallest absolute Gasteiger partial charge is 0.343 e. The number of alkyl halides is 2. The maximum Gasteiger partial charge on any atom is 0.343 e. The first kappa shape index (κ1) is 14.1. The predicted molar refractivity (Wildman–Crippen MR) is 68.1 cm³/mol. The summed E-state index contributed by atoms with van der Waals surface area (Å²) in [6.45, 7) is 0. The Balaban J connectivity index is 1.81. The van der Waals surface area contributed by atoms with E-state index in [1.807, 2.05) is 0 Å². The van der Waals surface area contributed by atoms with Crippen LogP contribution in [0.5, 0.6) is 0 Å². The van der Waals surface area contributed by atoms with Crippen molar-refractivity contribution in [2.45, 2.75) is 43.5 Å². The second-order valence-corrected chi connectivity index (χ2v) is 5.27. The van der Waals surface area contributed by atoms with Crippen molar-refractivity contribution in [2.24, 2.45) is 0 Å². The van der Waals surface area contributed by atoms with E-state index in [4.69, 9.17) is 9.47 Å². The lowest BCUT2D eigenvalue weighted by atomic mass is 9.94. The van der Waals surface area contributed by atoms with Gasteiger partial charge in [0.25, 0.3) is 0 Å². The lowest BCUT2D eigenvalue weighted by Crippen LogP contribution is -2.48. The summed E-state index contributed by atoms with van der Waals surface area (Å²) in [5.41, 5.74) is 0.167. The van der Waals surface area contributed by atoms with Crippen LogP contribution in [-0.4, -0.2) is 36.0 Å². The quantitative estimate of drug-likeness (QED) is 0.621. The van der Waals surface area contributed by atoms with Crippen molar-refractivity contribution < 1.29 is 27.8 Å². The van der Waals surface area contributed by atoms with Crippen LogP contribution in [-0.2, 0) is 14.3 Å². The third kappa shape index (κ3) is 2.68. The van der Waals surface area contributed by atoms with Gasteiger partial charge in [-0.2, -0.15) is 8.78 Å². The third-order valence-corrected chi connectivity index (χ3v) is 3.79. The number of hydrogen-bond acceptors (Lipinski definition) is 4. The molecule has 3 atom stereocenters. The topological polar surface area (TPSA) is 55.9 Å². The maximum atomic E-state index is 14.1. The minimum absolute atomic E-state index is 0.167. The van der Waals surface area contributed by atoms with Crippen molar-refractivity contribution in [3.63, 3.8) is 0 Å². The Morgan fingerprint density at radius 1 is 1.29 bits per heavy atom. The van der Waals surface area contributed by atoms with Gasteiger partial charge in [-0.15, -0.1) is 0 Å². The molecule has 2 fully saturated rings. The highest BCUT2D eigenvalue weighted by Gasteiger charge is 2.61. The average molecular weight is 296 g/mol. The molecule has 112 valence electrons. The van der Waals surface area contributed by atoms with E-state index < -0.39 is 29.9 Å². The lowest BCUT2D eigenvalue weighted by molar-refractivity contribution is -0.164. The molecule has 2 aliphatic rings. The highest BCUT2D eigenvalue weighted by molar-refractivity contribution is 5.91. The van der Waals surface area contributed by atoms with E-state index >= 15 is 0 Å². The molecule has 0 amide bonds. The number of carbonyl (C=O) groups excluding carboxylic acids is 2. The molecule has 4 nitrogen and oxygen atoms in total. The Bertz CT molecular complexity index is 558. The molecule has 0 spiro atoms. The van der Waals surface area contributed by atoms with Crippen molar-refractivity contribution in [2.75, 3.05) is 0 Å². The van der Waals surface area contributed by atoms with Gasteiger partial charge >= 0.3 is 11.9 Å². The SMILES string of the molecule is O=C(O[C@@H]1[C@H]2O[C@H]2CCCC(=O)C1(F)F)c1ccccc1. The fraction of sp³-hybridized carbons (Fsp3) is 0.467. The Morgan fingerprint density at radius 2 is 2.00 bits per heavy atom. The number of fused-ring (bicyclic) bond motifs is 1. The van der Waals surface area contributed by atoms with Gasteiger partial charge in [0, 0.05) is 6.42 Å². The van der Waals surface area contributed by atoms with Crippen LogP contribution in [0.15, 0.2) is 30.3 Å². The number of rotatable bonds is 2. The molecule has 1 saturated carbocycles. The highest BCUT2D eigenvalue weighted by atomic mass is 19.3. The summed E-state index contributed by atoms with van der Waals surface area (Å²) >= 11 is 0. The first-order valence-corrected chi connectivity index (χ1v) is 6.83. The molecule has 6 heteroatoms. The molecule has 0 aromatic heterocycles. The monoisotopic (exact) mass is 296 g/mol. The number of benzene rings is 1. The zero-order valence-corrected chi connectivity index (χ0v) is 11.1. The first-order chi connectivity index (χ1) is 10.00. The molecule has 3 rings (SSSR count). The van der Waals surface area contributed by atoms with E-state index in [1.165, 1.54) is 12.1 Å². The standard InChI is InChI=1S/C15H14F2O4/c16-15(17)11(18)8-4-7-10-12(20-10)13(15)21-14(19)9-5-2-1-3-6-9/h1-3,5-6,10,12-13H,4,7-8H2/t10-,12-,13+/m0/s1. The molecular formula is C15H14F2O4. The van der Waals surface area contributed by atoms with E-state index in [9.17, 15) is 18.4 Å². The minimum Gasteiger partial charge on any atom is -0.449 e. The molecule has 1 heterocycles. The number of esters is 1. The number of ketones is 1. The summed E-state index contributed by atoms with van der Waals surface area (Å²) < 4.78 is 38.4. The molecule has 1 aromatic rings. The molecule has 0 unspecified atom stereocenters. The van der Waals surface area contributed by atoms with E-state index in [0.29, 0.717) is 12.8 Å². The Kier molecular flexibility index (Phi) is 3.49. The van der Waals surface area contributed by atoms with Gasteiger partial charge in [0.1, 0.15) is 6.10 Å². The number of carbonyl (C=O) groups is 2. The summed E-state index contributed by atoms with van der Waals surface area (Å²) in [4.78, 5) is 23.5. The van der Waals surface area contributed by atoms with Gasteiger partial charge in [-0.05, 0) is 25.0 Å². The van der Waals surface area contributed by atoms with Gasteiger partial charge < -0.3 is 9.47 Å². The lowest BCUT2D eigenvalue weighted by Gasteiger charge is -2.25. The number of ether oxygens (including phenoxy) is 2. The first-order valence-electron chi connectivity index (χ1n) is 6.83. The molecule has 1 aromatic carbocycles. The van der Waals surface area contributed by atoms with Gasteiger partial charge in [0.15, 0.2) is 0 Å². The van der Waals surface area contributed by atoms with E-state index in [0.717, 1.165) is 0 Å². The van der Waals surface area contributed by atoms with E-state index in [-0.39, 0.29) is 18.1 Å². The third-order valence-electron chi connectivity index (χ3n) is 3.79.